The third-order valence-corrected chi connectivity index (χ3v) is 13.3. The SMILES string of the molecule is CC(C)CCCC(C)C1CCC2C3CC=C4CC(OC(=O)c5ccc(N=Nc6ccc(N(C)C)cc6)cc5)CCC4(C)C3CCC12C. The van der Waals surface area contributed by atoms with E-state index in [9.17, 15) is 4.79 Å². The van der Waals surface area contributed by atoms with E-state index < -0.39 is 0 Å². The third kappa shape index (κ3) is 6.97. The average Bonchev–Trinajstić information content (AvgIpc) is 3.41. The van der Waals surface area contributed by atoms with Crippen LogP contribution in [0.3, 0.4) is 0 Å². The van der Waals surface area contributed by atoms with Gasteiger partial charge in [0.1, 0.15) is 6.10 Å². The number of carbonyl (C=O) groups is 1. The van der Waals surface area contributed by atoms with Gasteiger partial charge < -0.3 is 9.64 Å². The van der Waals surface area contributed by atoms with Crippen molar-refractivity contribution in [2.24, 2.45) is 56.6 Å². The molecule has 0 aromatic heterocycles. The van der Waals surface area contributed by atoms with E-state index in [1.54, 1.807) is 5.57 Å². The molecular formula is C42H59N3O2. The Morgan fingerprint density at radius 2 is 1.55 bits per heavy atom. The number of allylic oxidation sites excluding steroid dienone is 1. The Morgan fingerprint density at radius 3 is 2.21 bits per heavy atom. The number of ether oxygens (including phenoxy) is 1. The van der Waals surface area contributed by atoms with Crippen LogP contribution in [0.1, 0.15) is 116 Å². The van der Waals surface area contributed by atoms with Crippen molar-refractivity contribution in [3.63, 3.8) is 0 Å². The second-order valence-electron chi connectivity index (χ2n) is 16.7. The lowest BCUT2D eigenvalue weighted by atomic mass is 9.47. The Bertz CT molecular complexity index is 1440. The molecule has 8 unspecified atom stereocenters. The number of azo groups is 1. The number of nitrogens with zero attached hydrogens (tertiary/aromatic N) is 3. The van der Waals surface area contributed by atoms with Gasteiger partial charge in [-0.1, -0.05) is 65.5 Å². The zero-order chi connectivity index (χ0) is 33.3. The first-order valence-electron chi connectivity index (χ1n) is 18.7. The van der Waals surface area contributed by atoms with Crippen molar-refractivity contribution in [2.75, 3.05) is 19.0 Å². The van der Waals surface area contributed by atoms with Crippen molar-refractivity contribution in [2.45, 2.75) is 111 Å². The van der Waals surface area contributed by atoms with Gasteiger partial charge in [0.05, 0.1) is 16.9 Å². The maximum atomic E-state index is 13.2. The van der Waals surface area contributed by atoms with Crippen LogP contribution < -0.4 is 4.90 Å². The lowest BCUT2D eigenvalue weighted by molar-refractivity contribution is -0.0594. The van der Waals surface area contributed by atoms with Crippen LogP contribution in [0, 0.1) is 46.3 Å². The number of hydrogen-bond donors (Lipinski definition) is 0. The maximum absolute atomic E-state index is 13.2. The number of fused-ring (bicyclic) bond motifs is 5. The number of carbonyl (C=O) groups excluding carboxylic acids is 1. The maximum Gasteiger partial charge on any atom is 0.338 e. The molecule has 8 atom stereocenters. The minimum atomic E-state index is -0.233. The van der Waals surface area contributed by atoms with Gasteiger partial charge in [0.2, 0.25) is 0 Å². The Hall–Kier alpha value is -2.95. The Balaban J connectivity index is 1.05. The molecule has 0 radical (unpaired) electrons. The van der Waals surface area contributed by atoms with E-state index in [1.165, 1.54) is 51.4 Å². The highest BCUT2D eigenvalue weighted by atomic mass is 16.5. The van der Waals surface area contributed by atoms with Crippen LogP contribution in [0.25, 0.3) is 0 Å². The van der Waals surface area contributed by atoms with Gasteiger partial charge in [-0.2, -0.15) is 10.2 Å². The van der Waals surface area contributed by atoms with Crippen LogP contribution in [0.2, 0.25) is 0 Å². The van der Waals surface area contributed by atoms with Crippen molar-refractivity contribution in [1.29, 1.82) is 0 Å². The molecule has 6 rings (SSSR count). The lowest BCUT2D eigenvalue weighted by Crippen LogP contribution is -2.51. The zero-order valence-corrected chi connectivity index (χ0v) is 30.2. The molecule has 5 heteroatoms. The van der Waals surface area contributed by atoms with E-state index in [-0.39, 0.29) is 17.5 Å². The Kier molecular flexibility index (Phi) is 10.0. The second-order valence-corrected chi connectivity index (χ2v) is 16.7. The Morgan fingerprint density at radius 1 is 0.872 bits per heavy atom. The van der Waals surface area contributed by atoms with Crippen LogP contribution in [0.4, 0.5) is 17.1 Å². The van der Waals surface area contributed by atoms with E-state index >= 15 is 0 Å². The number of anilines is 1. The summed E-state index contributed by atoms with van der Waals surface area (Å²) in [5.74, 6) is 4.80. The largest absolute Gasteiger partial charge is 0.458 e. The molecule has 0 aliphatic heterocycles. The molecule has 254 valence electrons. The first-order chi connectivity index (χ1) is 22.5. The minimum absolute atomic E-state index is 0.0423. The summed E-state index contributed by atoms with van der Waals surface area (Å²) in [4.78, 5) is 15.3. The highest BCUT2D eigenvalue weighted by Gasteiger charge is 2.59. The molecule has 2 aromatic rings. The van der Waals surface area contributed by atoms with Gasteiger partial charge >= 0.3 is 5.97 Å². The molecule has 2 aromatic carbocycles. The monoisotopic (exact) mass is 637 g/mol. The predicted molar refractivity (Wildman–Crippen MR) is 194 cm³/mol. The summed E-state index contributed by atoms with van der Waals surface area (Å²) < 4.78 is 6.14. The molecule has 0 amide bonds. The summed E-state index contributed by atoms with van der Waals surface area (Å²) in [6.45, 7) is 12.5. The molecule has 3 saturated carbocycles. The fourth-order valence-electron chi connectivity index (χ4n) is 10.6. The molecular weight excluding hydrogens is 578 g/mol. The summed E-state index contributed by atoms with van der Waals surface area (Å²) >= 11 is 0. The van der Waals surface area contributed by atoms with E-state index in [0.29, 0.717) is 16.7 Å². The smallest absolute Gasteiger partial charge is 0.338 e. The first-order valence-corrected chi connectivity index (χ1v) is 18.7. The third-order valence-electron chi connectivity index (χ3n) is 13.3. The summed E-state index contributed by atoms with van der Waals surface area (Å²) in [5, 5.41) is 8.71. The van der Waals surface area contributed by atoms with Crippen LogP contribution >= 0.6 is 0 Å². The van der Waals surface area contributed by atoms with Gasteiger partial charge in [0.15, 0.2) is 0 Å². The summed E-state index contributed by atoms with van der Waals surface area (Å²) in [7, 11) is 4.03. The van der Waals surface area contributed by atoms with Crippen LogP contribution in [0.15, 0.2) is 70.4 Å². The lowest BCUT2D eigenvalue weighted by Gasteiger charge is -2.58. The van der Waals surface area contributed by atoms with Crippen molar-refractivity contribution in [1.82, 2.24) is 0 Å². The molecule has 0 N–H and O–H groups in total. The van der Waals surface area contributed by atoms with Gasteiger partial charge in [0.25, 0.3) is 0 Å². The average molecular weight is 638 g/mol. The number of hydrogen-bond acceptors (Lipinski definition) is 5. The number of rotatable bonds is 10. The normalized spacial score (nSPS) is 32.3. The van der Waals surface area contributed by atoms with E-state index in [0.717, 1.165) is 66.1 Å². The van der Waals surface area contributed by atoms with Crippen molar-refractivity contribution in [3.8, 4) is 0 Å². The Labute approximate surface area is 284 Å². The topological polar surface area (TPSA) is 54.3 Å². The summed E-state index contributed by atoms with van der Waals surface area (Å²) in [5.41, 5.74) is 5.54. The predicted octanol–water partition coefficient (Wildman–Crippen LogP) is 11.7. The number of benzene rings is 2. The van der Waals surface area contributed by atoms with E-state index in [2.05, 4.69) is 55.8 Å². The van der Waals surface area contributed by atoms with Crippen LogP contribution in [-0.4, -0.2) is 26.2 Å². The highest BCUT2D eigenvalue weighted by molar-refractivity contribution is 5.89. The minimum Gasteiger partial charge on any atom is -0.458 e. The van der Waals surface area contributed by atoms with Gasteiger partial charge in [-0.3, -0.25) is 0 Å². The fraction of sp³-hybridized carbons (Fsp3) is 0.643. The van der Waals surface area contributed by atoms with Crippen LogP contribution in [-0.2, 0) is 4.74 Å². The molecule has 0 spiro atoms. The molecule has 4 aliphatic rings. The van der Waals surface area contributed by atoms with E-state index in [1.807, 2.05) is 62.6 Å². The van der Waals surface area contributed by atoms with Gasteiger partial charge in [-0.25, -0.2) is 4.79 Å². The van der Waals surface area contributed by atoms with Gasteiger partial charge in [0, 0.05) is 26.2 Å². The van der Waals surface area contributed by atoms with Crippen LogP contribution in [0.5, 0.6) is 0 Å². The second kappa shape index (κ2) is 13.9. The molecule has 4 aliphatic carbocycles. The fourth-order valence-corrected chi connectivity index (χ4v) is 10.6. The standard InChI is InChI=1S/C42H59N3O2/c1-28(2)9-8-10-29(3)37-21-22-38-36-20-13-31-27-35(23-25-41(31,4)39(36)24-26-42(37,38)5)47-40(46)30-11-14-32(15-12-30)43-44-33-16-18-34(19-17-33)45(6)7/h11-19,28-29,35-39H,8-10,20-27H2,1-7H3. The molecule has 0 heterocycles. The molecule has 0 bridgehead atoms. The van der Waals surface area contributed by atoms with Crippen molar-refractivity contribution >= 4 is 23.0 Å². The molecule has 47 heavy (non-hydrogen) atoms. The molecule has 3 fully saturated rings. The van der Waals surface area contributed by atoms with Gasteiger partial charge in [-0.05, 0) is 140 Å². The van der Waals surface area contributed by atoms with Crippen molar-refractivity contribution < 1.29 is 9.53 Å². The summed E-state index contributed by atoms with van der Waals surface area (Å²) in [6.07, 6.45) is 16.6. The molecule has 0 saturated heterocycles. The zero-order valence-electron chi connectivity index (χ0n) is 30.2. The highest BCUT2D eigenvalue weighted by Crippen LogP contribution is 2.67. The van der Waals surface area contributed by atoms with E-state index in [4.69, 9.17) is 4.74 Å². The van der Waals surface area contributed by atoms with Crippen molar-refractivity contribution in [3.05, 3.63) is 65.7 Å². The van der Waals surface area contributed by atoms with Gasteiger partial charge in [-0.15, -0.1) is 0 Å². The first kappa shape index (κ1) is 33.9. The number of esters is 1. The quantitative estimate of drug-likeness (QED) is 0.148. The summed E-state index contributed by atoms with van der Waals surface area (Å²) in [6, 6.07) is 15.2. The molecule has 5 nitrogen and oxygen atoms in total.